The van der Waals surface area contributed by atoms with Gasteiger partial charge in [0.05, 0.1) is 18.2 Å². The maximum Gasteiger partial charge on any atom is 0.337 e. The molecule has 12 nitrogen and oxygen atoms in total. The molecule has 312 valence electrons. The van der Waals surface area contributed by atoms with E-state index in [2.05, 4.69) is 32.4 Å². The Labute approximate surface area is 334 Å². The Hall–Kier alpha value is -2.58. The first kappa shape index (κ1) is 50.4. The van der Waals surface area contributed by atoms with Crippen molar-refractivity contribution in [3.8, 4) is 18.2 Å². The van der Waals surface area contributed by atoms with Crippen LogP contribution < -0.4 is 14.2 Å². The fourth-order valence-electron chi connectivity index (χ4n) is 6.61. The van der Waals surface area contributed by atoms with Gasteiger partial charge in [-0.2, -0.15) is 15.8 Å². The summed E-state index contributed by atoms with van der Waals surface area (Å²) in [6.07, 6.45) is 22.1. The van der Waals surface area contributed by atoms with Gasteiger partial charge < -0.3 is 0 Å². The van der Waals surface area contributed by atoms with Gasteiger partial charge in [0.25, 0.3) is 30.1 Å². The highest BCUT2D eigenvalue weighted by Crippen LogP contribution is 2.40. The SMILES string of the molecule is N#CCCCCCCCCCCNS(=O)(=O)C(c1ccccc1)(S(=O)(=O)NCCCCCCCCCCC#N)S(=O)(=O)NCCCCCCCCCCC#N. The van der Waals surface area contributed by atoms with Crippen LogP contribution >= 0.6 is 0 Å². The standard InChI is InChI=1S/C40H68N6O6S3/c41-33-25-16-10-4-1-7-13-19-28-36-44-53(47,48)40(39-31-23-22-24-32-39,54(49,50)45-37-29-20-14-8-2-5-11-17-26-34-42)55(51,52)46-38-30-21-15-9-3-6-12-18-27-35-43/h22-24,31-32,44-46H,1-21,25-30,36-38H2. The highest BCUT2D eigenvalue weighted by Gasteiger charge is 2.66. The van der Waals surface area contributed by atoms with Crippen LogP contribution in [0.5, 0.6) is 0 Å². The molecule has 0 atom stereocenters. The van der Waals surface area contributed by atoms with Crippen molar-refractivity contribution in [1.29, 1.82) is 15.8 Å². The van der Waals surface area contributed by atoms with Crippen LogP contribution in [0.3, 0.4) is 0 Å². The lowest BCUT2D eigenvalue weighted by molar-refractivity contribution is 0.524. The predicted octanol–water partition coefficient (Wildman–Crippen LogP) is 8.66. The second-order valence-corrected chi connectivity index (χ2v) is 20.8. The normalized spacial score (nSPS) is 12.2. The summed E-state index contributed by atoms with van der Waals surface area (Å²) in [5, 5.41) is 26.0. The Morgan fingerprint density at radius 3 is 0.873 bits per heavy atom. The van der Waals surface area contributed by atoms with Crippen molar-refractivity contribution in [2.45, 2.75) is 177 Å². The molecule has 0 unspecified atom stereocenters. The van der Waals surface area contributed by atoms with E-state index in [1.165, 1.54) is 24.3 Å². The molecular weight excluding hydrogens is 757 g/mol. The maximum atomic E-state index is 14.4. The van der Waals surface area contributed by atoms with E-state index in [4.69, 9.17) is 15.8 Å². The van der Waals surface area contributed by atoms with E-state index in [9.17, 15) is 25.3 Å². The van der Waals surface area contributed by atoms with Gasteiger partial charge in [-0.3, -0.25) is 0 Å². The van der Waals surface area contributed by atoms with E-state index in [1.807, 2.05) is 0 Å². The van der Waals surface area contributed by atoms with Gasteiger partial charge in [-0.25, -0.2) is 39.4 Å². The Balaban J connectivity index is 3.08. The van der Waals surface area contributed by atoms with E-state index in [1.54, 1.807) is 6.07 Å². The van der Waals surface area contributed by atoms with Crippen molar-refractivity contribution in [2.75, 3.05) is 19.6 Å². The van der Waals surface area contributed by atoms with Gasteiger partial charge in [-0.05, 0) is 38.5 Å². The molecule has 0 amide bonds. The molecule has 0 saturated heterocycles. The first-order valence-corrected chi connectivity index (χ1v) is 25.1. The van der Waals surface area contributed by atoms with Gasteiger partial charge >= 0.3 is 3.41 Å². The van der Waals surface area contributed by atoms with Crippen molar-refractivity contribution in [3.05, 3.63) is 35.9 Å². The first-order valence-electron chi connectivity index (χ1n) is 20.7. The van der Waals surface area contributed by atoms with Gasteiger partial charge in [0.15, 0.2) is 0 Å². The van der Waals surface area contributed by atoms with E-state index >= 15 is 0 Å². The first-order chi connectivity index (χ1) is 26.5. The fraction of sp³-hybridized carbons (Fsp3) is 0.775. The number of rotatable bonds is 37. The highest BCUT2D eigenvalue weighted by molar-refractivity contribution is 8.23. The number of nitriles is 3. The molecule has 1 aromatic carbocycles. The molecule has 0 aliphatic heterocycles. The van der Waals surface area contributed by atoms with Crippen LogP contribution in [0.15, 0.2) is 30.3 Å². The van der Waals surface area contributed by atoms with Crippen LogP contribution in [0.2, 0.25) is 0 Å². The summed E-state index contributed by atoms with van der Waals surface area (Å²) in [4.78, 5) is 0. The van der Waals surface area contributed by atoms with Crippen molar-refractivity contribution in [3.63, 3.8) is 0 Å². The summed E-state index contributed by atoms with van der Waals surface area (Å²) in [5.74, 6) is 0. The summed E-state index contributed by atoms with van der Waals surface area (Å²) in [7, 11) is -15.3. The number of sulfonamides is 3. The van der Waals surface area contributed by atoms with Crippen molar-refractivity contribution >= 4 is 30.1 Å². The average Bonchev–Trinajstić information content (AvgIpc) is 3.15. The maximum absolute atomic E-state index is 14.4. The average molecular weight is 825 g/mol. The van der Waals surface area contributed by atoms with Gasteiger partial charge in [0, 0.05) is 44.5 Å². The number of benzene rings is 1. The molecule has 0 fully saturated rings. The van der Waals surface area contributed by atoms with E-state index < -0.39 is 33.5 Å². The summed E-state index contributed by atoms with van der Waals surface area (Å²) in [6, 6.07) is 13.4. The molecule has 0 spiro atoms. The van der Waals surface area contributed by atoms with Gasteiger partial charge in [-0.15, -0.1) is 0 Å². The Morgan fingerprint density at radius 1 is 0.382 bits per heavy atom. The highest BCUT2D eigenvalue weighted by atomic mass is 32.3. The summed E-state index contributed by atoms with van der Waals surface area (Å²) >= 11 is 0. The lowest BCUT2D eigenvalue weighted by Crippen LogP contribution is -2.61. The van der Waals surface area contributed by atoms with Crippen LogP contribution in [0.1, 0.15) is 179 Å². The van der Waals surface area contributed by atoms with Crippen molar-refractivity contribution in [2.24, 2.45) is 0 Å². The van der Waals surface area contributed by atoms with E-state index in [-0.39, 0.29) is 25.2 Å². The topological polar surface area (TPSA) is 210 Å². The third-order valence-electron chi connectivity index (χ3n) is 9.71. The zero-order chi connectivity index (χ0) is 40.6. The number of hydrogen-bond acceptors (Lipinski definition) is 9. The minimum absolute atomic E-state index is 0.114. The van der Waals surface area contributed by atoms with Gasteiger partial charge in [0.2, 0.25) is 0 Å². The number of unbranched alkanes of at least 4 members (excludes halogenated alkanes) is 24. The number of nitrogens with one attached hydrogen (secondary N) is 3. The molecule has 1 aromatic rings. The molecule has 0 aliphatic rings. The second kappa shape index (κ2) is 30.5. The smallest absolute Gasteiger partial charge is 0.213 e. The van der Waals surface area contributed by atoms with E-state index in [0.29, 0.717) is 57.8 Å². The predicted molar refractivity (Wildman–Crippen MR) is 220 cm³/mol. The fourth-order valence-corrected chi connectivity index (χ4v) is 14.3. The summed E-state index contributed by atoms with van der Waals surface area (Å²) < 4.78 is 90.2. The molecule has 3 N–H and O–H groups in total. The zero-order valence-corrected chi connectivity index (χ0v) is 35.6. The summed E-state index contributed by atoms with van der Waals surface area (Å²) in [6.45, 7) is -0.342. The Morgan fingerprint density at radius 2 is 0.618 bits per heavy atom. The van der Waals surface area contributed by atoms with Crippen LogP contribution in [-0.2, 0) is 33.5 Å². The summed E-state index contributed by atoms with van der Waals surface area (Å²) in [5.41, 5.74) is -0.383. The molecule has 0 saturated carbocycles. The van der Waals surface area contributed by atoms with Crippen LogP contribution in [-0.4, -0.2) is 44.9 Å². The molecule has 1 rings (SSSR count). The lowest BCUT2D eigenvalue weighted by Gasteiger charge is -2.33. The number of hydrogen-bond donors (Lipinski definition) is 3. The van der Waals surface area contributed by atoms with Gasteiger partial charge in [0.1, 0.15) is 0 Å². The molecule has 0 radical (unpaired) electrons. The Bertz CT molecular complexity index is 1440. The molecule has 0 heterocycles. The van der Waals surface area contributed by atoms with Crippen molar-refractivity contribution < 1.29 is 25.3 Å². The van der Waals surface area contributed by atoms with Crippen LogP contribution in [0.4, 0.5) is 0 Å². The largest absolute Gasteiger partial charge is 0.337 e. The minimum atomic E-state index is -5.11. The van der Waals surface area contributed by atoms with Crippen molar-refractivity contribution in [1.82, 2.24) is 14.2 Å². The monoisotopic (exact) mass is 824 g/mol. The molecular formula is C40H68N6O6S3. The van der Waals surface area contributed by atoms with Crippen LogP contribution in [0, 0.1) is 34.0 Å². The molecule has 0 bridgehead atoms. The third kappa shape index (κ3) is 19.4. The Kier molecular flexibility index (Phi) is 28.0. The van der Waals surface area contributed by atoms with E-state index in [0.717, 1.165) is 116 Å². The number of nitrogens with zero attached hydrogens (tertiary/aromatic N) is 3. The lowest BCUT2D eigenvalue weighted by atomic mass is 10.1. The molecule has 55 heavy (non-hydrogen) atoms. The third-order valence-corrected chi connectivity index (χ3v) is 18.2. The van der Waals surface area contributed by atoms with Gasteiger partial charge in [-0.1, -0.05) is 146 Å². The van der Waals surface area contributed by atoms with Crippen LogP contribution in [0.25, 0.3) is 0 Å². The molecule has 0 aliphatic carbocycles. The zero-order valence-electron chi connectivity index (χ0n) is 33.1. The quantitative estimate of drug-likeness (QED) is 0.0547. The molecule has 0 aromatic heterocycles. The second-order valence-electron chi connectivity index (χ2n) is 14.3. The minimum Gasteiger partial charge on any atom is -0.213 e. The molecule has 15 heteroatoms.